The lowest BCUT2D eigenvalue weighted by Gasteiger charge is -2.27. The molecule has 2 rings (SSSR count). The highest BCUT2D eigenvalue weighted by Gasteiger charge is 2.29. The van der Waals surface area contributed by atoms with E-state index in [-0.39, 0.29) is 35.7 Å². The topological polar surface area (TPSA) is 103 Å². The van der Waals surface area contributed by atoms with E-state index < -0.39 is 6.04 Å². The van der Waals surface area contributed by atoms with E-state index in [1.807, 2.05) is 27.7 Å². The van der Waals surface area contributed by atoms with Crippen LogP contribution in [0.4, 0.5) is 0 Å². The van der Waals surface area contributed by atoms with E-state index in [0.29, 0.717) is 24.9 Å². The zero-order valence-electron chi connectivity index (χ0n) is 14.2. The van der Waals surface area contributed by atoms with Crippen LogP contribution in [0.3, 0.4) is 0 Å². The van der Waals surface area contributed by atoms with E-state index in [9.17, 15) is 4.79 Å². The van der Waals surface area contributed by atoms with Crippen LogP contribution in [-0.2, 0) is 14.9 Å². The lowest BCUT2D eigenvalue weighted by Crippen LogP contribution is -2.47. The molecule has 0 aliphatic carbocycles. The van der Waals surface area contributed by atoms with Gasteiger partial charge in [-0.2, -0.15) is 4.98 Å². The Morgan fingerprint density at radius 1 is 1.35 bits per heavy atom. The number of halogens is 1. The van der Waals surface area contributed by atoms with Crippen molar-refractivity contribution in [2.24, 2.45) is 11.7 Å². The molecule has 8 heteroatoms. The van der Waals surface area contributed by atoms with Crippen molar-refractivity contribution in [3.63, 3.8) is 0 Å². The summed E-state index contributed by atoms with van der Waals surface area (Å²) in [6.07, 6.45) is 1.63. The van der Waals surface area contributed by atoms with Crippen LogP contribution in [0.15, 0.2) is 4.52 Å². The number of nitrogens with one attached hydrogen (secondary N) is 1. The second-order valence-corrected chi connectivity index (χ2v) is 6.91. The Hall–Kier alpha value is -1.18. The highest BCUT2D eigenvalue weighted by Crippen LogP contribution is 2.21. The second kappa shape index (κ2) is 8.08. The molecule has 0 saturated carbocycles. The minimum absolute atomic E-state index is 0. The molecule has 0 spiro atoms. The first-order valence-electron chi connectivity index (χ1n) is 7.77. The Morgan fingerprint density at radius 3 is 2.48 bits per heavy atom. The Morgan fingerprint density at radius 2 is 1.96 bits per heavy atom. The van der Waals surface area contributed by atoms with Gasteiger partial charge in [0.2, 0.25) is 11.8 Å². The van der Waals surface area contributed by atoms with E-state index in [1.54, 1.807) is 0 Å². The van der Waals surface area contributed by atoms with E-state index in [0.717, 1.165) is 12.8 Å². The number of ether oxygens (including phenoxy) is 1. The average Bonchev–Trinajstić information content (AvgIpc) is 2.97. The van der Waals surface area contributed by atoms with Gasteiger partial charge in [-0.25, -0.2) is 0 Å². The summed E-state index contributed by atoms with van der Waals surface area (Å²) in [4.78, 5) is 16.6. The van der Waals surface area contributed by atoms with E-state index in [2.05, 4.69) is 15.5 Å². The van der Waals surface area contributed by atoms with E-state index in [1.165, 1.54) is 0 Å². The molecule has 1 amide bonds. The summed E-state index contributed by atoms with van der Waals surface area (Å²) >= 11 is 0. The van der Waals surface area contributed by atoms with Crippen molar-refractivity contribution in [2.45, 2.75) is 58.0 Å². The van der Waals surface area contributed by atoms with Gasteiger partial charge in [-0.1, -0.05) is 25.9 Å². The zero-order chi connectivity index (χ0) is 16.3. The van der Waals surface area contributed by atoms with Crippen LogP contribution in [0.25, 0.3) is 0 Å². The lowest BCUT2D eigenvalue weighted by molar-refractivity contribution is -0.125. The summed E-state index contributed by atoms with van der Waals surface area (Å²) in [6, 6.07) is -0.890. The largest absolute Gasteiger partial charge is 0.381 e. The Labute approximate surface area is 143 Å². The molecule has 132 valence electrons. The standard InChI is InChI=1S/C15H26N4O3.ClH/c1-9(13-18-14(19-22-13)15(2,3)4)17-12(20)11(16)10-5-7-21-8-6-10;/h9-11H,5-8,16H2,1-4H3,(H,17,20);1H. The predicted molar refractivity (Wildman–Crippen MR) is 88.3 cm³/mol. The second-order valence-electron chi connectivity index (χ2n) is 6.91. The molecule has 23 heavy (non-hydrogen) atoms. The van der Waals surface area contributed by atoms with Crippen molar-refractivity contribution in [3.05, 3.63) is 11.7 Å². The molecule has 2 atom stereocenters. The third kappa shape index (κ3) is 5.16. The maximum absolute atomic E-state index is 12.3. The smallest absolute Gasteiger partial charge is 0.248 e. The van der Waals surface area contributed by atoms with Gasteiger partial charge in [-0.3, -0.25) is 4.79 Å². The SMILES string of the molecule is CC(NC(=O)C(N)C1CCOCC1)c1nc(C(C)(C)C)no1.Cl. The van der Waals surface area contributed by atoms with Gasteiger partial charge in [0.05, 0.1) is 6.04 Å². The third-order valence-electron chi connectivity index (χ3n) is 3.92. The molecule has 1 saturated heterocycles. The summed E-state index contributed by atoms with van der Waals surface area (Å²) in [5, 5.41) is 6.82. The van der Waals surface area contributed by atoms with Gasteiger partial charge in [0.25, 0.3) is 0 Å². The summed E-state index contributed by atoms with van der Waals surface area (Å²) in [7, 11) is 0. The van der Waals surface area contributed by atoms with Crippen LogP contribution in [0.2, 0.25) is 0 Å². The van der Waals surface area contributed by atoms with Crippen molar-refractivity contribution < 1.29 is 14.1 Å². The molecular weight excluding hydrogens is 320 g/mol. The molecule has 1 aliphatic heterocycles. The molecule has 7 nitrogen and oxygen atoms in total. The molecule has 0 aromatic carbocycles. The van der Waals surface area contributed by atoms with Crippen LogP contribution in [0, 0.1) is 5.92 Å². The third-order valence-corrected chi connectivity index (χ3v) is 3.92. The number of carbonyl (C=O) groups is 1. The fourth-order valence-electron chi connectivity index (χ4n) is 2.38. The van der Waals surface area contributed by atoms with Crippen molar-refractivity contribution >= 4 is 18.3 Å². The van der Waals surface area contributed by atoms with Crippen LogP contribution < -0.4 is 11.1 Å². The number of aromatic nitrogens is 2. The summed E-state index contributed by atoms with van der Waals surface area (Å²) < 4.78 is 10.5. The Kier molecular flexibility index (Phi) is 6.98. The number of hydrogen-bond donors (Lipinski definition) is 2. The zero-order valence-corrected chi connectivity index (χ0v) is 15.0. The van der Waals surface area contributed by atoms with Crippen LogP contribution >= 0.6 is 12.4 Å². The minimum Gasteiger partial charge on any atom is -0.381 e. The quantitative estimate of drug-likeness (QED) is 0.860. The normalized spacial score (nSPS) is 18.8. The van der Waals surface area contributed by atoms with Crippen LogP contribution in [0.1, 0.15) is 58.3 Å². The maximum Gasteiger partial charge on any atom is 0.248 e. The van der Waals surface area contributed by atoms with E-state index in [4.69, 9.17) is 15.0 Å². The first kappa shape index (κ1) is 19.9. The molecule has 0 radical (unpaired) electrons. The van der Waals surface area contributed by atoms with Gasteiger partial charge in [0.1, 0.15) is 6.04 Å². The van der Waals surface area contributed by atoms with Crippen molar-refractivity contribution in [1.29, 1.82) is 0 Å². The molecule has 0 bridgehead atoms. The lowest BCUT2D eigenvalue weighted by atomic mass is 9.91. The molecule has 1 fully saturated rings. The number of nitrogens with zero attached hydrogens (tertiary/aromatic N) is 2. The molecular formula is C15H27ClN4O3. The molecule has 1 aromatic heterocycles. The fraction of sp³-hybridized carbons (Fsp3) is 0.800. The van der Waals surface area contributed by atoms with E-state index >= 15 is 0 Å². The highest BCUT2D eigenvalue weighted by atomic mass is 35.5. The van der Waals surface area contributed by atoms with Crippen LogP contribution in [0.5, 0.6) is 0 Å². The van der Waals surface area contributed by atoms with Crippen molar-refractivity contribution in [1.82, 2.24) is 15.5 Å². The summed E-state index contributed by atoms with van der Waals surface area (Å²) in [5.41, 5.74) is 5.87. The Bertz CT molecular complexity index is 509. The Balaban J connectivity index is 0.00000264. The molecule has 2 heterocycles. The van der Waals surface area contributed by atoms with Gasteiger partial charge in [0.15, 0.2) is 5.82 Å². The van der Waals surface area contributed by atoms with Gasteiger partial charge in [-0.05, 0) is 25.7 Å². The van der Waals surface area contributed by atoms with Gasteiger partial charge >= 0.3 is 0 Å². The molecule has 1 aliphatic rings. The minimum atomic E-state index is -0.531. The number of amides is 1. The molecule has 2 unspecified atom stereocenters. The monoisotopic (exact) mass is 346 g/mol. The fourth-order valence-corrected chi connectivity index (χ4v) is 2.38. The first-order valence-corrected chi connectivity index (χ1v) is 7.77. The first-order chi connectivity index (χ1) is 10.3. The molecule has 3 N–H and O–H groups in total. The molecule has 1 aromatic rings. The van der Waals surface area contributed by atoms with Crippen LogP contribution in [-0.4, -0.2) is 35.3 Å². The number of rotatable bonds is 4. The van der Waals surface area contributed by atoms with Gasteiger partial charge < -0.3 is 20.3 Å². The summed E-state index contributed by atoms with van der Waals surface area (Å²) in [5.74, 6) is 0.999. The van der Waals surface area contributed by atoms with Gasteiger partial charge in [-0.15, -0.1) is 12.4 Å². The summed E-state index contributed by atoms with van der Waals surface area (Å²) in [6.45, 7) is 9.16. The number of nitrogens with two attached hydrogens (primary N) is 1. The average molecular weight is 347 g/mol. The number of hydrogen-bond acceptors (Lipinski definition) is 6. The van der Waals surface area contributed by atoms with Gasteiger partial charge in [0, 0.05) is 18.6 Å². The van der Waals surface area contributed by atoms with Crippen molar-refractivity contribution in [3.8, 4) is 0 Å². The predicted octanol–water partition coefficient (Wildman–Crippen LogP) is 1.72. The van der Waals surface area contributed by atoms with Crippen molar-refractivity contribution in [2.75, 3.05) is 13.2 Å². The highest BCUT2D eigenvalue weighted by molar-refractivity contribution is 5.85. The maximum atomic E-state index is 12.3. The number of carbonyl (C=O) groups excluding carboxylic acids is 1.